The van der Waals surface area contributed by atoms with Crippen LogP contribution in [0.1, 0.15) is 30.1 Å². The third-order valence-electron chi connectivity index (χ3n) is 3.06. The Morgan fingerprint density at radius 1 is 1.33 bits per heavy atom. The Morgan fingerprint density at radius 2 is 2.00 bits per heavy atom. The quantitative estimate of drug-likeness (QED) is 0.889. The second-order valence-corrected chi connectivity index (χ2v) is 5.95. The maximum Gasteiger partial charge on any atom is 0.304 e. The van der Waals surface area contributed by atoms with Crippen molar-refractivity contribution in [2.45, 2.75) is 29.8 Å². The van der Waals surface area contributed by atoms with Gasteiger partial charge in [0.25, 0.3) is 0 Å². The molecule has 0 saturated carbocycles. The molecule has 0 bridgehead atoms. The van der Waals surface area contributed by atoms with Gasteiger partial charge in [-0.25, -0.2) is 0 Å². The van der Waals surface area contributed by atoms with E-state index in [9.17, 15) is 4.79 Å². The molecule has 4 heteroatoms. The van der Waals surface area contributed by atoms with Gasteiger partial charge in [-0.2, -0.15) is 0 Å². The van der Waals surface area contributed by atoms with Crippen LogP contribution in [-0.4, -0.2) is 29.5 Å². The van der Waals surface area contributed by atoms with Gasteiger partial charge in [0, 0.05) is 23.7 Å². The lowest BCUT2D eigenvalue weighted by Gasteiger charge is -2.26. The van der Waals surface area contributed by atoms with Crippen molar-refractivity contribution in [3.63, 3.8) is 0 Å². The first kappa shape index (κ1) is 13.4. The summed E-state index contributed by atoms with van der Waals surface area (Å²) >= 11 is 1.79. The molecule has 3 nitrogen and oxygen atoms in total. The van der Waals surface area contributed by atoms with E-state index in [1.165, 1.54) is 0 Å². The second kappa shape index (κ2) is 6.81. The Bertz CT molecular complexity index is 374. The molecule has 0 spiro atoms. The molecule has 98 valence electrons. The van der Waals surface area contributed by atoms with Crippen LogP contribution in [-0.2, 0) is 9.53 Å². The number of rotatable bonds is 5. The molecule has 1 fully saturated rings. The average molecular weight is 266 g/mol. The molecule has 0 radical (unpaired) electrons. The molecular formula is C14H18O3S. The Balaban J connectivity index is 2.02. The summed E-state index contributed by atoms with van der Waals surface area (Å²) < 4.78 is 5.34. The molecule has 18 heavy (non-hydrogen) atoms. The summed E-state index contributed by atoms with van der Waals surface area (Å²) in [6, 6.07) is 9.92. The van der Waals surface area contributed by atoms with Crippen molar-refractivity contribution < 1.29 is 14.6 Å². The minimum Gasteiger partial charge on any atom is -0.481 e. The van der Waals surface area contributed by atoms with E-state index in [1.54, 1.807) is 11.8 Å². The molecule has 0 aromatic heterocycles. The summed E-state index contributed by atoms with van der Waals surface area (Å²) in [5, 5.41) is 9.60. The van der Waals surface area contributed by atoms with Crippen LogP contribution in [0.2, 0.25) is 0 Å². The van der Waals surface area contributed by atoms with Gasteiger partial charge >= 0.3 is 5.97 Å². The van der Waals surface area contributed by atoms with E-state index in [2.05, 4.69) is 0 Å². The first-order chi connectivity index (χ1) is 8.75. The molecule has 1 aliphatic rings. The molecule has 1 aliphatic heterocycles. The predicted octanol–water partition coefficient (Wildman–Crippen LogP) is 3.11. The number of carbonyl (C=O) groups is 1. The van der Waals surface area contributed by atoms with Crippen molar-refractivity contribution in [1.82, 2.24) is 0 Å². The van der Waals surface area contributed by atoms with Crippen molar-refractivity contribution in [1.29, 1.82) is 0 Å². The molecule has 1 aromatic rings. The summed E-state index contributed by atoms with van der Waals surface area (Å²) in [7, 11) is 0. The smallest absolute Gasteiger partial charge is 0.304 e. The highest BCUT2D eigenvalue weighted by Gasteiger charge is 2.22. The second-order valence-electron chi connectivity index (χ2n) is 4.45. The molecule has 1 unspecified atom stereocenters. The van der Waals surface area contributed by atoms with E-state index in [1.807, 2.05) is 30.3 Å². The zero-order valence-corrected chi connectivity index (χ0v) is 11.1. The SMILES string of the molecule is O=C(O)CC(SC1CCOCC1)c1ccccc1. The molecule has 1 N–H and O–H groups in total. The average Bonchev–Trinajstić information content (AvgIpc) is 2.40. The van der Waals surface area contributed by atoms with Crippen LogP contribution in [0.5, 0.6) is 0 Å². The van der Waals surface area contributed by atoms with E-state index in [0.29, 0.717) is 5.25 Å². The van der Waals surface area contributed by atoms with Gasteiger partial charge in [0.15, 0.2) is 0 Å². The van der Waals surface area contributed by atoms with Crippen molar-refractivity contribution >= 4 is 17.7 Å². The Morgan fingerprint density at radius 3 is 2.61 bits per heavy atom. The summed E-state index contributed by atoms with van der Waals surface area (Å²) in [6.45, 7) is 1.60. The topological polar surface area (TPSA) is 46.5 Å². The molecule has 0 amide bonds. The monoisotopic (exact) mass is 266 g/mol. The van der Waals surface area contributed by atoms with Crippen LogP contribution in [0.15, 0.2) is 30.3 Å². The van der Waals surface area contributed by atoms with E-state index >= 15 is 0 Å². The van der Waals surface area contributed by atoms with Gasteiger partial charge < -0.3 is 9.84 Å². The Kier molecular flexibility index (Phi) is 5.08. The molecule has 1 atom stereocenters. The minimum atomic E-state index is -0.733. The number of aliphatic carboxylic acids is 1. The van der Waals surface area contributed by atoms with E-state index in [0.717, 1.165) is 31.6 Å². The molecular weight excluding hydrogens is 248 g/mol. The van der Waals surface area contributed by atoms with E-state index in [4.69, 9.17) is 9.84 Å². The highest BCUT2D eigenvalue weighted by atomic mass is 32.2. The van der Waals surface area contributed by atoms with Gasteiger partial charge in [0.2, 0.25) is 0 Å². The lowest BCUT2D eigenvalue weighted by Crippen LogP contribution is -2.19. The summed E-state index contributed by atoms with van der Waals surface area (Å²) in [5.41, 5.74) is 1.11. The van der Waals surface area contributed by atoms with Gasteiger partial charge in [0.1, 0.15) is 0 Å². The largest absolute Gasteiger partial charge is 0.481 e. The van der Waals surface area contributed by atoms with Gasteiger partial charge in [-0.15, -0.1) is 11.8 Å². The maximum atomic E-state index is 11.0. The van der Waals surface area contributed by atoms with Crippen molar-refractivity contribution in [3.8, 4) is 0 Å². The normalized spacial score (nSPS) is 18.4. The molecule has 1 aromatic carbocycles. The number of hydrogen-bond donors (Lipinski definition) is 1. The van der Waals surface area contributed by atoms with Crippen LogP contribution < -0.4 is 0 Å². The van der Waals surface area contributed by atoms with Gasteiger partial charge in [0.05, 0.1) is 6.42 Å². The Hall–Kier alpha value is -1.00. The number of ether oxygens (including phenoxy) is 1. The summed E-state index contributed by atoms with van der Waals surface area (Å²) in [4.78, 5) is 11.0. The Labute approximate surface area is 112 Å². The standard InChI is InChI=1S/C14H18O3S/c15-14(16)10-13(11-4-2-1-3-5-11)18-12-6-8-17-9-7-12/h1-5,12-13H,6-10H2,(H,15,16). The van der Waals surface area contributed by atoms with E-state index in [-0.39, 0.29) is 11.7 Å². The number of thioether (sulfide) groups is 1. The zero-order valence-electron chi connectivity index (χ0n) is 10.2. The fraction of sp³-hybridized carbons (Fsp3) is 0.500. The number of carboxylic acids is 1. The maximum absolute atomic E-state index is 11.0. The van der Waals surface area contributed by atoms with E-state index < -0.39 is 5.97 Å². The van der Waals surface area contributed by atoms with Crippen LogP contribution in [0.4, 0.5) is 0 Å². The number of carboxylic acid groups (broad SMARTS) is 1. The molecule has 2 rings (SSSR count). The lowest BCUT2D eigenvalue weighted by atomic mass is 10.1. The summed E-state index contributed by atoms with van der Waals surface area (Å²) in [5.74, 6) is -0.733. The van der Waals surface area contributed by atoms with Crippen molar-refractivity contribution in [3.05, 3.63) is 35.9 Å². The predicted molar refractivity (Wildman–Crippen MR) is 72.9 cm³/mol. The fourth-order valence-corrected chi connectivity index (χ4v) is 3.60. The van der Waals surface area contributed by atoms with Crippen molar-refractivity contribution in [2.24, 2.45) is 0 Å². The first-order valence-corrected chi connectivity index (χ1v) is 7.20. The van der Waals surface area contributed by atoms with Crippen molar-refractivity contribution in [2.75, 3.05) is 13.2 Å². The van der Waals surface area contributed by atoms with Gasteiger partial charge in [-0.3, -0.25) is 4.79 Å². The molecule has 1 saturated heterocycles. The minimum absolute atomic E-state index is 0.0480. The molecule has 1 heterocycles. The van der Waals surface area contributed by atoms with Gasteiger partial charge in [-0.1, -0.05) is 30.3 Å². The molecule has 0 aliphatic carbocycles. The zero-order chi connectivity index (χ0) is 12.8. The number of hydrogen-bond acceptors (Lipinski definition) is 3. The fourth-order valence-electron chi connectivity index (χ4n) is 2.12. The van der Waals surface area contributed by atoms with Crippen LogP contribution in [0.3, 0.4) is 0 Å². The van der Waals surface area contributed by atoms with Gasteiger partial charge in [-0.05, 0) is 18.4 Å². The van der Waals surface area contributed by atoms with Crippen LogP contribution >= 0.6 is 11.8 Å². The van der Waals surface area contributed by atoms with Crippen LogP contribution in [0, 0.1) is 0 Å². The lowest BCUT2D eigenvalue weighted by molar-refractivity contribution is -0.137. The highest BCUT2D eigenvalue weighted by Crippen LogP contribution is 2.38. The number of benzene rings is 1. The summed E-state index contributed by atoms with van der Waals surface area (Å²) in [6.07, 6.45) is 2.23. The van der Waals surface area contributed by atoms with Crippen LogP contribution in [0.25, 0.3) is 0 Å². The first-order valence-electron chi connectivity index (χ1n) is 6.25. The highest BCUT2D eigenvalue weighted by molar-refractivity contribution is 8.00. The third-order valence-corrected chi connectivity index (χ3v) is 4.68. The third kappa shape index (κ3) is 4.03.